The highest BCUT2D eigenvalue weighted by atomic mass is 35.5. The largest absolute Gasteiger partial charge is 1.00 e. The molecular weight excluding hydrogens is 912 g/mol. The maximum Gasteiger partial charge on any atom is 0.361 e. The van der Waals surface area contributed by atoms with Crippen LogP contribution in [0.1, 0.15) is 114 Å². The van der Waals surface area contributed by atoms with Crippen molar-refractivity contribution in [3.63, 3.8) is 0 Å². The number of nitrogens with zero attached hydrogens (tertiary/aromatic N) is 1. The topological polar surface area (TPSA) is 218 Å². The molecule has 2 aromatic carbocycles. The molecule has 0 saturated carbocycles. The van der Waals surface area contributed by atoms with E-state index in [0.717, 1.165) is 36.0 Å². The third-order valence-corrected chi connectivity index (χ3v) is 9.71. The second-order valence-corrected chi connectivity index (χ2v) is 20.9. The van der Waals surface area contributed by atoms with Gasteiger partial charge in [-0.25, -0.2) is 4.79 Å². The van der Waals surface area contributed by atoms with Gasteiger partial charge in [0.05, 0.1) is 31.7 Å². The highest BCUT2D eigenvalue weighted by Crippen LogP contribution is 2.33. The Hall–Kier alpha value is -3.48. The number of unbranched alkanes of at least 4 members (excludes halogenated alkanes) is 1. The molecule has 2 unspecified atom stereocenters. The van der Waals surface area contributed by atoms with Crippen LogP contribution < -0.4 is 39.1 Å². The summed E-state index contributed by atoms with van der Waals surface area (Å²) in [5, 5.41) is 2.71. The summed E-state index contributed by atoms with van der Waals surface area (Å²) < 4.78 is 53.3. The highest BCUT2D eigenvalue weighted by molar-refractivity contribution is 7.86. The Bertz CT molecular complexity index is 1770. The van der Waals surface area contributed by atoms with E-state index in [0.29, 0.717) is 31.1 Å². The second kappa shape index (κ2) is 32.3. The minimum absolute atomic E-state index is 0. The Labute approximate surface area is 408 Å². The molecule has 18 heteroatoms. The summed E-state index contributed by atoms with van der Waals surface area (Å²) in [4.78, 5) is 36.0. The van der Waals surface area contributed by atoms with Crippen LogP contribution in [-0.4, -0.2) is 119 Å². The van der Waals surface area contributed by atoms with Gasteiger partial charge in [0.25, 0.3) is 10.1 Å². The third-order valence-electron chi connectivity index (χ3n) is 8.69. The van der Waals surface area contributed by atoms with E-state index in [1.54, 1.807) is 20.8 Å². The summed E-state index contributed by atoms with van der Waals surface area (Å²) in [5.74, 6) is 0.372. The maximum absolute atomic E-state index is 11.7. The lowest BCUT2D eigenvalue weighted by molar-refractivity contribution is -0.359. The lowest BCUT2D eigenvalue weighted by Crippen LogP contribution is -3.00. The van der Waals surface area contributed by atoms with Crippen molar-refractivity contribution in [2.24, 2.45) is 5.92 Å². The molecule has 0 radical (unpaired) electrons. The van der Waals surface area contributed by atoms with Gasteiger partial charge in [-0.1, -0.05) is 65.0 Å². The van der Waals surface area contributed by atoms with Crippen molar-refractivity contribution < 1.29 is 68.8 Å². The molecule has 1 saturated heterocycles. The standard InChI is InChI=1S/C30H42ClNO7.C7H13NO.C6H13N.C5H12O3S.ClH.H3N/c1-5-6-15-35-20-27(39-28(33)16-31)21-37-26-13-9-24(10-14-26)30(3,4)23-7-11-25(12-8-23)36-18-22(2)19-38-29(34)17-32;1-5-6(9)8-7(2,3)4;1-6(2,3)7-4-5-7;1-5(2,3)8-9(4,6)7;;/h7-14,22,27H,5-6,15-21,32H2,1-4H3;5H,1H2,2-4H3,(H,8,9);4-5H2,1-3H3;1-4H3;1H;1H3. The Morgan fingerprint density at radius 3 is 1.64 bits per heavy atom. The smallest absolute Gasteiger partial charge is 0.361 e. The van der Waals surface area contributed by atoms with Gasteiger partial charge in [0, 0.05) is 42.1 Å². The Morgan fingerprint density at radius 2 is 1.32 bits per heavy atom. The normalized spacial score (nSPS) is 13.3. The van der Waals surface area contributed by atoms with Crippen LogP contribution in [0, 0.1) is 5.92 Å². The van der Waals surface area contributed by atoms with Gasteiger partial charge in [-0.15, -0.1) is 11.6 Å². The number of carbonyl (C=O) groups is 3. The first-order valence-corrected chi connectivity index (χ1v) is 24.2. The number of ether oxygens (including phenoxy) is 5. The predicted octanol–water partition coefficient (Wildman–Crippen LogP) is 4.27. The summed E-state index contributed by atoms with van der Waals surface area (Å²) in [7, 11) is -3.28. The van der Waals surface area contributed by atoms with Crippen LogP contribution in [0.15, 0.2) is 61.2 Å². The number of halogens is 2. The number of nitrogens with one attached hydrogen (secondary N) is 1. The molecule has 0 aromatic heterocycles. The molecule has 7 N–H and O–H groups in total. The number of benzene rings is 2. The molecule has 1 aliphatic heterocycles. The zero-order valence-electron chi connectivity index (χ0n) is 42.4. The first-order valence-electron chi connectivity index (χ1n) is 21.8. The number of amides is 1. The van der Waals surface area contributed by atoms with Gasteiger partial charge in [0.2, 0.25) is 5.91 Å². The second-order valence-electron chi connectivity index (χ2n) is 19.0. The average molecular weight is 996 g/mol. The van der Waals surface area contributed by atoms with Crippen molar-refractivity contribution in [3.05, 3.63) is 72.3 Å². The van der Waals surface area contributed by atoms with Crippen LogP contribution in [-0.2, 0) is 48.3 Å². The molecule has 0 spiro atoms. The minimum Gasteiger partial charge on any atom is -1.00 e. The molecule has 1 heterocycles. The number of quaternary nitrogens is 1. The van der Waals surface area contributed by atoms with E-state index in [1.807, 2.05) is 64.1 Å². The van der Waals surface area contributed by atoms with Gasteiger partial charge >= 0.3 is 11.9 Å². The van der Waals surface area contributed by atoms with Gasteiger partial charge in [-0.05, 0) is 110 Å². The van der Waals surface area contributed by atoms with E-state index in [9.17, 15) is 22.8 Å². The molecule has 2 atom stereocenters. The fourth-order valence-corrected chi connectivity index (χ4v) is 6.25. The first kappa shape index (κ1) is 66.8. The summed E-state index contributed by atoms with van der Waals surface area (Å²) in [5.41, 5.74) is 5.22. The molecule has 1 fully saturated rings. The predicted molar refractivity (Wildman–Crippen MR) is 260 cm³/mol. The van der Waals surface area contributed by atoms with Crippen molar-refractivity contribution in [1.29, 1.82) is 0 Å². The lowest BCUT2D eigenvalue weighted by atomic mass is 9.78. The molecule has 1 aliphatic rings. The van der Waals surface area contributed by atoms with Crippen molar-refractivity contribution in [2.45, 2.75) is 131 Å². The zero-order chi connectivity index (χ0) is 49.4. The average Bonchev–Trinajstić information content (AvgIpc) is 4.06. The van der Waals surface area contributed by atoms with E-state index in [1.165, 1.54) is 19.2 Å². The monoisotopic (exact) mass is 995 g/mol. The number of hydrogen-bond donors (Lipinski definition) is 3. The van der Waals surface area contributed by atoms with Crippen molar-refractivity contribution in [2.75, 3.05) is 64.8 Å². The lowest BCUT2D eigenvalue weighted by Gasteiger charge is -2.27. The van der Waals surface area contributed by atoms with Crippen LogP contribution in [0.2, 0.25) is 0 Å². The number of alkyl halides is 1. The van der Waals surface area contributed by atoms with Crippen LogP contribution in [0.3, 0.4) is 0 Å². The number of esters is 2. The van der Waals surface area contributed by atoms with Gasteiger partial charge in [-0.3, -0.25) is 18.7 Å². The quantitative estimate of drug-likeness (QED) is 0.0422. The molecule has 15 nitrogen and oxygen atoms in total. The van der Waals surface area contributed by atoms with Gasteiger partial charge in [0.15, 0.2) is 12.6 Å². The van der Waals surface area contributed by atoms with Gasteiger partial charge < -0.3 is 53.3 Å². The number of carbonyl (C=O) groups excluding carboxylic acids is 3. The summed E-state index contributed by atoms with van der Waals surface area (Å²) in [6.07, 6.45) is 3.75. The fourth-order valence-electron chi connectivity index (χ4n) is 5.28. The molecular formula is C48H84Cl2N4O11S. The third kappa shape index (κ3) is 33.9. The van der Waals surface area contributed by atoms with Crippen LogP contribution in [0.5, 0.6) is 11.5 Å². The molecule has 0 bridgehead atoms. The van der Waals surface area contributed by atoms with Crippen LogP contribution >= 0.6 is 11.6 Å². The molecule has 2 aromatic rings. The Balaban J connectivity index is -0.00000118. The Morgan fingerprint density at radius 1 is 0.833 bits per heavy atom. The highest BCUT2D eigenvalue weighted by Gasteiger charge is 2.29. The van der Waals surface area contributed by atoms with E-state index < -0.39 is 27.8 Å². The zero-order valence-corrected chi connectivity index (χ0v) is 44.7. The molecule has 3 rings (SSSR count). The van der Waals surface area contributed by atoms with E-state index in [2.05, 4.69) is 80.4 Å². The van der Waals surface area contributed by atoms with Crippen LogP contribution in [0.25, 0.3) is 0 Å². The van der Waals surface area contributed by atoms with Gasteiger partial charge in [-0.2, -0.15) is 8.42 Å². The van der Waals surface area contributed by atoms with E-state index in [4.69, 9.17) is 35.3 Å². The van der Waals surface area contributed by atoms with Crippen molar-refractivity contribution in [1.82, 2.24) is 16.4 Å². The molecule has 382 valence electrons. The first-order chi connectivity index (χ1) is 29.5. The van der Waals surface area contributed by atoms with E-state index in [-0.39, 0.29) is 72.9 Å². The summed E-state index contributed by atoms with van der Waals surface area (Å²) in [6, 6.07) is 15.9. The van der Waals surface area contributed by atoms with Crippen molar-refractivity contribution >= 4 is 39.6 Å². The van der Waals surface area contributed by atoms with Gasteiger partial charge in [0.1, 0.15) is 24.0 Å². The maximum atomic E-state index is 11.7. The minimum atomic E-state index is -3.28. The number of hydrogen-bond acceptors (Lipinski definition) is 13. The Kier molecular flexibility index (Phi) is 32.7. The SMILES string of the molecule is C=CC(=O)NC(C)(C)C.CC(C)(C)N1CC1.CC(C)(C)OS(C)(=O)=O.CCCCOCC(COc1ccc(C(C)(C)c2ccc(OCC(C)COC(=O)C[NH3+])cc2)cc1)OC(=O)CCl.N.[Cl-]. The van der Waals surface area contributed by atoms with Crippen molar-refractivity contribution in [3.8, 4) is 11.5 Å². The summed E-state index contributed by atoms with van der Waals surface area (Å²) >= 11 is 5.59. The van der Waals surface area contributed by atoms with Crippen LogP contribution in [0.4, 0.5) is 0 Å². The molecule has 1 amide bonds. The molecule has 66 heavy (non-hydrogen) atoms. The fraction of sp³-hybridized carbons (Fsp3) is 0.646. The number of rotatable bonds is 20. The molecule has 0 aliphatic carbocycles. The summed E-state index contributed by atoms with van der Waals surface area (Å²) in [6.45, 7) is 33.8. The van der Waals surface area contributed by atoms with E-state index >= 15 is 0 Å².